The molecule has 4 rings (SSSR count). The van der Waals surface area contributed by atoms with Crippen molar-refractivity contribution in [2.45, 2.75) is 32.2 Å². The average molecular weight is 387 g/mol. The number of hydrogen-bond acceptors (Lipinski definition) is 5. The lowest BCUT2D eigenvalue weighted by Gasteiger charge is -2.38. The van der Waals surface area contributed by atoms with Gasteiger partial charge in [0.1, 0.15) is 13.2 Å². The fourth-order valence-electron chi connectivity index (χ4n) is 4.27. The third kappa shape index (κ3) is 3.94. The number of ether oxygens (including phenoxy) is 2. The number of likely N-dealkylation sites (tertiary alicyclic amines) is 1. The molecular formula is C21H29N3O4. The fourth-order valence-corrected chi connectivity index (χ4v) is 4.27. The third-order valence-corrected chi connectivity index (χ3v) is 5.94. The number of hydrogen-bond donors (Lipinski definition) is 0. The Hall–Kier alpha value is -2.28. The molecule has 1 aromatic carbocycles. The number of rotatable bonds is 3. The van der Waals surface area contributed by atoms with E-state index in [0.717, 1.165) is 19.4 Å². The number of carbonyl (C=O) groups is 2. The van der Waals surface area contributed by atoms with Crippen LogP contribution in [-0.2, 0) is 4.79 Å². The van der Waals surface area contributed by atoms with Gasteiger partial charge in [0, 0.05) is 38.8 Å². The monoisotopic (exact) mass is 387 g/mol. The molecule has 3 aliphatic rings. The molecule has 2 saturated heterocycles. The second-order valence-electron chi connectivity index (χ2n) is 7.83. The second kappa shape index (κ2) is 8.39. The lowest BCUT2D eigenvalue weighted by Crippen LogP contribution is -2.53. The predicted molar refractivity (Wildman–Crippen MR) is 105 cm³/mol. The SMILES string of the molecule is CC1CCCCN1C(=O)CN1CCN(C(=O)c2cccc3c2OCCO3)CC1. The summed E-state index contributed by atoms with van der Waals surface area (Å²) in [5, 5.41) is 0. The van der Waals surface area contributed by atoms with Gasteiger partial charge in [-0.3, -0.25) is 14.5 Å². The average Bonchev–Trinajstić information content (AvgIpc) is 2.73. The summed E-state index contributed by atoms with van der Waals surface area (Å²) in [5.41, 5.74) is 0.559. The van der Waals surface area contributed by atoms with Crippen LogP contribution in [0.1, 0.15) is 36.5 Å². The lowest BCUT2D eigenvalue weighted by atomic mass is 10.0. The van der Waals surface area contributed by atoms with Gasteiger partial charge in [0.25, 0.3) is 5.91 Å². The molecule has 0 N–H and O–H groups in total. The first kappa shape index (κ1) is 19.1. The molecule has 0 aliphatic carbocycles. The third-order valence-electron chi connectivity index (χ3n) is 5.94. The van der Waals surface area contributed by atoms with E-state index < -0.39 is 0 Å². The molecule has 0 bridgehead atoms. The molecule has 7 nitrogen and oxygen atoms in total. The molecule has 1 atom stereocenters. The lowest BCUT2D eigenvalue weighted by molar-refractivity contribution is -0.136. The van der Waals surface area contributed by atoms with Crippen LogP contribution < -0.4 is 9.47 Å². The standard InChI is InChI=1S/C21H29N3O4/c1-16-5-2-3-8-24(16)19(25)15-22-9-11-23(12-10-22)21(26)17-6-4-7-18-20(17)28-14-13-27-18/h4,6-7,16H,2-3,5,8-15H2,1H3. The number of fused-ring (bicyclic) bond motifs is 1. The van der Waals surface area contributed by atoms with Crippen LogP contribution in [0.4, 0.5) is 0 Å². The number of benzene rings is 1. The minimum absolute atomic E-state index is 0.0296. The van der Waals surface area contributed by atoms with Crippen LogP contribution in [0, 0.1) is 0 Å². The van der Waals surface area contributed by atoms with Crippen LogP contribution in [-0.4, -0.2) is 85.0 Å². The molecule has 1 unspecified atom stereocenters. The number of piperidine rings is 1. The normalized spacial score (nSPS) is 22.8. The molecular weight excluding hydrogens is 358 g/mol. The van der Waals surface area contributed by atoms with Gasteiger partial charge in [-0.15, -0.1) is 0 Å². The molecule has 1 aromatic rings. The Morgan fingerprint density at radius 3 is 2.61 bits per heavy atom. The quantitative estimate of drug-likeness (QED) is 0.789. The van der Waals surface area contributed by atoms with Crippen molar-refractivity contribution in [2.75, 3.05) is 52.5 Å². The Balaban J connectivity index is 1.33. The highest BCUT2D eigenvalue weighted by Gasteiger charge is 2.29. The van der Waals surface area contributed by atoms with Crippen LogP contribution in [0.3, 0.4) is 0 Å². The number of carbonyl (C=O) groups excluding carboxylic acids is 2. The molecule has 0 saturated carbocycles. The van der Waals surface area contributed by atoms with Crippen molar-refractivity contribution in [3.05, 3.63) is 23.8 Å². The Kier molecular flexibility index (Phi) is 5.71. The van der Waals surface area contributed by atoms with E-state index in [0.29, 0.717) is 69.0 Å². The molecule has 7 heteroatoms. The number of para-hydroxylation sites is 1. The van der Waals surface area contributed by atoms with Crippen LogP contribution in [0.25, 0.3) is 0 Å². The molecule has 3 aliphatic heterocycles. The summed E-state index contributed by atoms with van der Waals surface area (Å²) < 4.78 is 11.3. The topological polar surface area (TPSA) is 62.3 Å². The summed E-state index contributed by atoms with van der Waals surface area (Å²) in [5.74, 6) is 1.38. The zero-order valence-corrected chi connectivity index (χ0v) is 16.6. The van der Waals surface area contributed by atoms with Gasteiger partial charge < -0.3 is 19.3 Å². The highest BCUT2D eigenvalue weighted by molar-refractivity contribution is 5.98. The summed E-state index contributed by atoms with van der Waals surface area (Å²) in [6.45, 7) is 7.09. The molecule has 0 radical (unpaired) electrons. The van der Waals surface area contributed by atoms with Crippen LogP contribution >= 0.6 is 0 Å². The van der Waals surface area contributed by atoms with Crippen LogP contribution in [0.2, 0.25) is 0 Å². The van der Waals surface area contributed by atoms with E-state index in [1.807, 2.05) is 21.9 Å². The Morgan fingerprint density at radius 2 is 1.82 bits per heavy atom. The van der Waals surface area contributed by atoms with E-state index in [2.05, 4.69) is 11.8 Å². The van der Waals surface area contributed by atoms with Gasteiger partial charge in [-0.05, 0) is 38.3 Å². The number of nitrogens with zero attached hydrogens (tertiary/aromatic N) is 3. The van der Waals surface area contributed by atoms with Crippen LogP contribution in [0.5, 0.6) is 11.5 Å². The molecule has 28 heavy (non-hydrogen) atoms. The fraction of sp³-hybridized carbons (Fsp3) is 0.619. The Bertz CT molecular complexity index is 730. The minimum atomic E-state index is -0.0296. The molecule has 2 amide bonds. The molecule has 2 fully saturated rings. The second-order valence-corrected chi connectivity index (χ2v) is 7.83. The van der Waals surface area contributed by atoms with E-state index in [1.165, 1.54) is 6.42 Å². The van der Waals surface area contributed by atoms with Crippen LogP contribution in [0.15, 0.2) is 18.2 Å². The van der Waals surface area contributed by atoms with Crippen molar-refractivity contribution in [2.24, 2.45) is 0 Å². The summed E-state index contributed by atoms with van der Waals surface area (Å²) in [4.78, 5) is 31.7. The van der Waals surface area contributed by atoms with E-state index in [9.17, 15) is 9.59 Å². The van der Waals surface area contributed by atoms with Gasteiger partial charge in [-0.25, -0.2) is 0 Å². The summed E-state index contributed by atoms with van der Waals surface area (Å²) in [7, 11) is 0. The van der Waals surface area contributed by atoms with Gasteiger partial charge >= 0.3 is 0 Å². The number of piperazine rings is 1. The predicted octanol–water partition coefficient (Wildman–Crippen LogP) is 1.62. The molecule has 0 spiro atoms. The maximum atomic E-state index is 13.0. The maximum Gasteiger partial charge on any atom is 0.257 e. The van der Waals surface area contributed by atoms with Gasteiger partial charge in [-0.2, -0.15) is 0 Å². The van der Waals surface area contributed by atoms with E-state index in [1.54, 1.807) is 6.07 Å². The van der Waals surface area contributed by atoms with Crippen molar-refractivity contribution in [1.82, 2.24) is 14.7 Å². The maximum absolute atomic E-state index is 13.0. The first-order chi connectivity index (χ1) is 13.6. The van der Waals surface area contributed by atoms with Crippen molar-refractivity contribution in [3.63, 3.8) is 0 Å². The van der Waals surface area contributed by atoms with Crippen molar-refractivity contribution in [1.29, 1.82) is 0 Å². The van der Waals surface area contributed by atoms with Gasteiger partial charge in [-0.1, -0.05) is 6.07 Å². The Labute approximate surface area is 166 Å². The van der Waals surface area contributed by atoms with Crippen molar-refractivity contribution in [3.8, 4) is 11.5 Å². The zero-order chi connectivity index (χ0) is 19.5. The summed E-state index contributed by atoms with van der Waals surface area (Å²) >= 11 is 0. The van der Waals surface area contributed by atoms with E-state index >= 15 is 0 Å². The van der Waals surface area contributed by atoms with Crippen molar-refractivity contribution >= 4 is 11.8 Å². The first-order valence-electron chi connectivity index (χ1n) is 10.3. The number of amides is 2. The highest BCUT2D eigenvalue weighted by Crippen LogP contribution is 2.34. The van der Waals surface area contributed by atoms with Gasteiger partial charge in [0.2, 0.25) is 5.91 Å². The zero-order valence-electron chi connectivity index (χ0n) is 16.6. The molecule has 152 valence electrons. The molecule has 0 aromatic heterocycles. The van der Waals surface area contributed by atoms with Crippen molar-refractivity contribution < 1.29 is 19.1 Å². The Morgan fingerprint density at radius 1 is 1.04 bits per heavy atom. The highest BCUT2D eigenvalue weighted by atomic mass is 16.6. The summed E-state index contributed by atoms with van der Waals surface area (Å²) in [6, 6.07) is 5.80. The van der Waals surface area contributed by atoms with E-state index in [-0.39, 0.29) is 11.8 Å². The van der Waals surface area contributed by atoms with Gasteiger partial charge in [0.15, 0.2) is 11.5 Å². The minimum Gasteiger partial charge on any atom is -0.486 e. The molecule has 3 heterocycles. The summed E-state index contributed by atoms with van der Waals surface area (Å²) in [6.07, 6.45) is 3.41. The van der Waals surface area contributed by atoms with Gasteiger partial charge in [0.05, 0.1) is 12.1 Å². The largest absolute Gasteiger partial charge is 0.486 e. The smallest absolute Gasteiger partial charge is 0.257 e. The first-order valence-corrected chi connectivity index (χ1v) is 10.3. The van der Waals surface area contributed by atoms with E-state index in [4.69, 9.17) is 9.47 Å².